The second kappa shape index (κ2) is 3.20. The molecule has 1 fully saturated rings. The van der Waals surface area contributed by atoms with Gasteiger partial charge in [-0.1, -0.05) is 23.7 Å². The first-order chi connectivity index (χ1) is 6.18. The average Bonchev–Trinajstić information content (AvgIpc) is 2.15. The van der Waals surface area contributed by atoms with Gasteiger partial charge in [0, 0.05) is 5.02 Å². The van der Waals surface area contributed by atoms with Gasteiger partial charge in [-0.05, 0) is 17.7 Å². The molecule has 1 aliphatic rings. The molecule has 0 radical (unpaired) electrons. The van der Waals surface area contributed by atoms with Gasteiger partial charge in [0.1, 0.15) is 5.38 Å². The third kappa shape index (κ3) is 1.52. The number of β-lactam (4-membered cyclic amide) rings is 1. The van der Waals surface area contributed by atoms with Crippen LogP contribution in [-0.4, -0.2) is 11.3 Å². The van der Waals surface area contributed by atoms with E-state index in [9.17, 15) is 4.79 Å². The van der Waals surface area contributed by atoms with E-state index in [1.807, 2.05) is 12.1 Å². The zero-order chi connectivity index (χ0) is 9.42. The largest absolute Gasteiger partial charge is 0.346 e. The summed E-state index contributed by atoms with van der Waals surface area (Å²) in [7, 11) is 0. The predicted octanol–water partition coefficient (Wildman–Crippen LogP) is 2.12. The van der Waals surface area contributed by atoms with Crippen molar-refractivity contribution in [2.75, 3.05) is 0 Å². The van der Waals surface area contributed by atoms with Crippen LogP contribution in [0.4, 0.5) is 0 Å². The molecule has 0 unspecified atom stereocenters. The van der Waals surface area contributed by atoms with Crippen molar-refractivity contribution < 1.29 is 4.79 Å². The van der Waals surface area contributed by atoms with E-state index < -0.39 is 5.38 Å². The smallest absolute Gasteiger partial charge is 0.241 e. The van der Waals surface area contributed by atoms with Crippen molar-refractivity contribution in [3.8, 4) is 0 Å². The molecule has 0 aromatic heterocycles. The van der Waals surface area contributed by atoms with E-state index in [0.29, 0.717) is 5.02 Å². The maximum Gasteiger partial charge on any atom is 0.241 e. The molecule has 2 nitrogen and oxygen atoms in total. The Labute approximate surface area is 85.8 Å². The summed E-state index contributed by atoms with van der Waals surface area (Å²) in [4.78, 5) is 10.8. The highest BCUT2D eigenvalue weighted by Gasteiger charge is 2.38. The Morgan fingerprint density at radius 1 is 1.23 bits per heavy atom. The summed E-state index contributed by atoms with van der Waals surface area (Å²) in [5.41, 5.74) is 0.990. The summed E-state index contributed by atoms with van der Waals surface area (Å²) in [5.74, 6) is -0.110. The van der Waals surface area contributed by atoms with Crippen molar-refractivity contribution in [3.05, 3.63) is 34.9 Å². The van der Waals surface area contributed by atoms with Crippen LogP contribution >= 0.6 is 23.2 Å². The minimum Gasteiger partial charge on any atom is -0.346 e. The van der Waals surface area contributed by atoms with Crippen LogP contribution in [0.25, 0.3) is 0 Å². The van der Waals surface area contributed by atoms with E-state index >= 15 is 0 Å². The molecule has 0 bridgehead atoms. The standard InChI is InChI=1S/C9H7Cl2NO/c10-6-3-1-5(2-4-6)8-7(11)9(13)12-8/h1-4,7-8H,(H,12,13)/t7-,8-/m1/s1. The lowest BCUT2D eigenvalue weighted by molar-refractivity contribution is -0.127. The van der Waals surface area contributed by atoms with Gasteiger partial charge in [-0.15, -0.1) is 11.6 Å². The van der Waals surface area contributed by atoms with Crippen LogP contribution in [0.5, 0.6) is 0 Å². The molecular weight excluding hydrogens is 209 g/mol. The second-order valence-electron chi connectivity index (χ2n) is 2.94. The number of nitrogens with one attached hydrogen (secondary N) is 1. The molecule has 1 N–H and O–H groups in total. The number of alkyl halides is 1. The Balaban J connectivity index is 2.18. The van der Waals surface area contributed by atoms with Gasteiger partial charge in [0.05, 0.1) is 6.04 Å². The molecule has 1 aliphatic heterocycles. The number of carbonyl (C=O) groups excluding carboxylic acids is 1. The molecule has 0 saturated carbocycles. The average molecular weight is 216 g/mol. The van der Waals surface area contributed by atoms with Crippen molar-refractivity contribution in [2.24, 2.45) is 0 Å². The fourth-order valence-corrected chi connectivity index (χ4v) is 1.68. The Bertz CT molecular complexity index is 336. The van der Waals surface area contributed by atoms with Crippen LogP contribution in [0.1, 0.15) is 11.6 Å². The highest BCUT2D eigenvalue weighted by Crippen LogP contribution is 2.29. The summed E-state index contributed by atoms with van der Waals surface area (Å²) in [6.45, 7) is 0. The molecule has 0 aliphatic carbocycles. The van der Waals surface area contributed by atoms with E-state index in [-0.39, 0.29) is 11.9 Å². The molecule has 1 aromatic carbocycles. The molecule has 68 valence electrons. The fraction of sp³-hybridized carbons (Fsp3) is 0.222. The summed E-state index contributed by atoms with van der Waals surface area (Å²) < 4.78 is 0. The van der Waals surface area contributed by atoms with Crippen molar-refractivity contribution in [3.63, 3.8) is 0 Å². The molecule has 2 rings (SSSR count). The molecule has 1 heterocycles. The monoisotopic (exact) mass is 215 g/mol. The summed E-state index contributed by atoms with van der Waals surface area (Å²) in [6, 6.07) is 7.23. The minimum absolute atomic E-state index is 0.0635. The van der Waals surface area contributed by atoms with E-state index in [1.165, 1.54) is 0 Å². The van der Waals surface area contributed by atoms with Crippen molar-refractivity contribution >= 4 is 29.1 Å². The Morgan fingerprint density at radius 3 is 2.31 bits per heavy atom. The summed E-state index contributed by atoms with van der Waals surface area (Å²) in [5, 5.41) is 2.95. The lowest BCUT2D eigenvalue weighted by atomic mass is 9.97. The second-order valence-corrected chi connectivity index (χ2v) is 3.85. The first kappa shape index (κ1) is 8.85. The third-order valence-corrected chi connectivity index (χ3v) is 2.77. The predicted molar refractivity (Wildman–Crippen MR) is 52.0 cm³/mol. The van der Waals surface area contributed by atoms with Crippen molar-refractivity contribution in [2.45, 2.75) is 11.4 Å². The number of halogens is 2. The lowest BCUT2D eigenvalue weighted by Gasteiger charge is -2.32. The molecule has 2 atom stereocenters. The molecule has 4 heteroatoms. The van der Waals surface area contributed by atoms with Crippen molar-refractivity contribution in [1.82, 2.24) is 5.32 Å². The number of amides is 1. The Kier molecular flexibility index (Phi) is 2.18. The van der Waals surface area contributed by atoms with E-state index in [4.69, 9.17) is 23.2 Å². The lowest BCUT2D eigenvalue weighted by Crippen LogP contribution is -2.52. The number of hydrogen-bond acceptors (Lipinski definition) is 1. The van der Waals surface area contributed by atoms with Gasteiger partial charge in [0.2, 0.25) is 5.91 Å². The quantitative estimate of drug-likeness (QED) is 0.565. The van der Waals surface area contributed by atoms with Crippen LogP contribution in [0.15, 0.2) is 24.3 Å². The van der Waals surface area contributed by atoms with Crippen LogP contribution < -0.4 is 5.32 Å². The molecule has 13 heavy (non-hydrogen) atoms. The van der Waals surface area contributed by atoms with Crippen LogP contribution in [0.3, 0.4) is 0 Å². The van der Waals surface area contributed by atoms with E-state index in [2.05, 4.69) is 5.32 Å². The van der Waals surface area contributed by atoms with Gasteiger partial charge in [-0.3, -0.25) is 4.79 Å². The Morgan fingerprint density at radius 2 is 1.85 bits per heavy atom. The molecule has 0 spiro atoms. The molecule has 1 saturated heterocycles. The molecule has 1 aromatic rings. The maximum atomic E-state index is 10.8. The van der Waals surface area contributed by atoms with Crippen LogP contribution in [0.2, 0.25) is 5.02 Å². The summed E-state index contributed by atoms with van der Waals surface area (Å²) in [6.07, 6.45) is 0. The SMILES string of the molecule is O=C1N[C@H](c2ccc(Cl)cc2)[C@H]1Cl. The Hall–Kier alpha value is -0.730. The summed E-state index contributed by atoms with van der Waals surface area (Å²) >= 11 is 11.5. The number of rotatable bonds is 1. The van der Waals surface area contributed by atoms with E-state index in [1.54, 1.807) is 12.1 Å². The fourth-order valence-electron chi connectivity index (χ4n) is 1.28. The number of benzene rings is 1. The van der Waals surface area contributed by atoms with Crippen LogP contribution in [0, 0.1) is 0 Å². The van der Waals surface area contributed by atoms with Gasteiger partial charge in [0.25, 0.3) is 0 Å². The van der Waals surface area contributed by atoms with Gasteiger partial charge in [-0.25, -0.2) is 0 Å². The van der Waals surface area contributed by atoms with Crippen molar-refractivity contribution in [1.29, 1.82) is 0 Å². The highest BCUT2D eigenvalue weighted by atomic mass is 35.5. The zero-order valence-electron chi connectivity index (χ0n) is 6.63. The first-order valence-corrected chi connectivity index (χ1v) is 4.70. The van der Waals surface area contributed by atoms with Gasteiger partial charge >= 0.3 is 0 Å². The molecular formula is C9H7Cl2NO. The number of carbonyl (C=O) groups is 1. The number of hydrogen-bond donors (Lipinski definition) is 1. The van der Waals surface area contributed by atoms with Crippen LogP contribution in [-0.2, 0) is 4.79 Å². The third-order valence-electron chi connectivity index (χ3n) is 2.07. The minimum atomic E-state index is -0.443. The first-order valence-electron chi connectivity index (χ1n) is 3.88. The van der Waals surface area contributed by atoms with E-state index in [0.717, 1.165) is 5.56 Å². The molecule has 1 amide bonds. The van der Waals surface area contributed by atoms with Gasteiger partial charge in [0.15, 0.2) is 0 Å². The normalized spacial score (nSPS) is 26.5. The highest BCUT2D eigenvalue weighted by molar-refractivity contribution is 6.33. The van der Waals surface area contributed by atoms with Gasteiger partial charge in [-0.2, -0.15) is 0 Å². The topological polar surface area (TPSA) is 29.1 Å². The van der Waals surface area contributed by atoms with Gasteiger partial charge < -0.3 is 5.32 Å². The maximum absolute atomic E-state index is 10.8. The zero-order valence-corrected chi connectivity index (χ0v) is 8.14.